The van der Waals surface area contributed by atoms with Crippen LogP contribution in [-0.2, 0) is 24.2 Å². The van der Waals surface area contributed by atoms with Crippen molar-refractivity contribution in [2.75, 3.05) is 5.32 Å². The highest BCUT2D eigenvalue weighted by Crippen LogP contribution is 2.23. The second-order valence-corrected chi connectivity index (χ2v) is 9.72. The van der Waals surface area contributed by atoms with Crippen molar-refractivity contribution < 1.29 is 14.7 Å². The standard InChI is InChI=1S/C26H27ClN4O3S/c1-2-3-8-24-29-23(27)17-30(24)16-18-9-11-19(12-10-18)28-25(32)22(15-20-6-5-14-35-20)31-13-4-7-21(31)26(33)34/h4-7,9-14,17,22H,2-3,8,15-16H2,1H3,(H,28,32)(H,33,34)/t22-/m0/s1. The number of aromatic nitrogens is 3. The number of nitrogens with zero attached hydrogens (tertiary/aromatic N) is 3. The second kappa shape index (κ2) is 11.4. The van der Waals surface area contributed by atoms with Crippen LogP contribution in [0.2, 0.25) is 5.15 Å². The quantitative estimate of drug-likeness (QED) is 0.262. The van der Waals surface area contributed by atoms with E-state index in [1.807, 2.05) is 48.0 Å². The molecule has 0 spiro atoms. The first kappa shape index (κ1) is 24.8. The number of halogens is 1. The monoisotopic (exact) mass is 510 g/mol. The minimum Gasteiger partial charge on any atom is -0.477 e. The summed E-state index contributed by atoms with van der Waals surface area (Å²) in [5.41, 5.74) is 1.78. The number of anilines is 1. The summed E-state index contributed by atoms with van der Waals surface area (Å²) in [5, 5.41) is 14.9. The molecule has 7 nitrogen and oxygen atoms in total. The Balaban J connectivity index is 1.49. The maximum Gasteiger partial charge on any atom is 0.352 e. The van der Waals surface area contributed by atoms with E-state index in [1.54, 1.807) is 12.3 Å². The molecule has 1 amide bonds. The number of aryl methyl sites for hydroxylation is 1. The number of aromatic carboxylic acids is 1. The maximum absolute atomic E-state index is 13.3. The van der Waals surface area contributed by atoms with Gasteiger partial charge >= 0.3 is 5.97 Å². The molecule has 0 aliphatic rings. The maximum atomic E-state index is 13.3. The van der Waals surface area contributed by atoms with Gasteiger partial charge in [0.25, 0.3) is 0 Å². The van der Waals surface area contributed by atoms with Crippen LogP contribution in [-0.4, -0.2) is 31.1 Å². The summed E-state index contributed by atoms with van der Waals surface area (Å²) in [6, 6.07) is 13.9. The van der Waals surface area contributed by atoms with Gasteiger partial charge in [-0.3, -0.25) is 4.79 Å². The Morgan fingerprint density at radius 1 is 1.17 bits per heavy atom. The van der Waals surface area contributed by atoms with E-state index in [2.05, 4.69) is 21.8 Å². The first-order valence-electron chi connectivity index (χ1n) is 11.5. The third kappa shape index (κ3) is 6.21. The van der Waals surface area contributed by atoms with Crippen molar-refractivity contribution >= 4 is 40.5 Å². The van der Waals surface area contributed by atoms with Crippen molar-refractivity contribution in [2.24, 2.45) is 0 Å². The van der Waals surface area contributed by atoms with Crippen molar-refractivity contribution in [3.8, 4) is 0 Å². The van der Waals surface area contributed by atoms with Crippen LogP contribution < -0.4 is 5.32 Å². The van der Waals surface area contributed by atoms with Crippen LogP contribution in [0.15, 0.2) is 66.3 Å². The molecule has 0 fully saturated rings. The molecule has 0 unspecified atom stereocenters. The van der Waals surface area contributed by atoms with Crippen molar-refractivity contribution in [2.45, 2.75) is 45.2 Å². The number of rotatable bonds is 11. The van der Waals surface area contributed by atoms with Gasteiger partial charge < -0.3 is 19.6 Å². The molecule has 1 atom stereocenters. The van der Waals surface area contributed by atoms with Gasteiger partial charge in [-0.05, 0) is 47.7 Å². The number of unbranched alkanes of at least 4 members (excludes halogenated alkanes) is 1. The molecule has 0 radical (unpaired) electrons. The van der Waals surface area contributed by atoms with Crippen LogP contribution >= 0.6 is 22.9 Å². The Bertz CT molecular complexity index is 1280. The molecule has 0 aliphatic heterocycles. The molecular formula is C26H27ClN4O3S. The largest absolute Gasteiger partial charge is 0.477 e. The minimum atomic E-state index is -1.07. The van der Waals surface area contributed by atoms with Gasteiger partial charge in [-0.1, -0.05) is 43.1 Å². The minimum absolute atomic E-state index is 0.0786. The molecule has 3 heterocycles. The Hall–Kier alpha value is -3.36. The molecule has 2 N–H and O–H groups in total. The van der Waals surface area contributed by atoms with E-state index in [-0.39, 0.29) is 11.6 Å². The summed E-state index contributed by atoms with van der Waals surface area (Å²) in [5.74, 6) is -0.374. The number of benzene rings is 1. The molecule has 3 aromatic heterocycles. The van der Waals surface area contributed by atoms with Crippen LogP contribution in [0, 0.1) is 0 Å². The summed E-state index contributed by atoms with van der Waals surface area (Å²) in [4.78, 5) is 30.4. The summed E-state index contributed by atoms with van der Waals surface area (Å²) in [6.45, 7) is 2.78. The normalized spacial score (nSPS) is 11.9. The van der Waals surface area contributed by atoms with Gasteiger partial charge in [-0.15, -0.1) is 11.3 Å². The van der Waals surface area contributed by atoms with Gasteiger partial charge in [-0.25, -0.2) is 9.78 Å². The second-order valence-electron chi connectivity index (χ2n) is 8.30. The highest BCUT2D eigenvalue weighted by atomic mass is 35.5. The molecule has 4 aromatic rings. The van der Waals surface area contributed by atoms with Crippen molar-refractivity contribution in [3.63, 3.8) is 0 Å². The smallest absolute Gasteiger partial charge is 0.352 e. The highest BCUT2D eigenvalue weighted by molar-refractivity contribution is 7.09. The number of hydrogen-bond donors (Lipinski definition) is 2. The van der Waals surface area contributed by atoms with Gasteiger partial charge in [-0.2, -0.15) is 0 Å². The lowest BCUT2D eigenvalue weighted by molar-refractivity contribution is -0.119. The fourth-order valence-corrected chi connectivity index (χ4v) is 4.95. The predicted molar refractivity (Wildman–Crippen MR) is 138 cm³/mol. The molecule has 0 aliphatic carbocycles. The highest BCUT2D eigenvalue weighted by Gasteiger charge is 2.25. The average Bonchev–Trinajstić information content (AvgIpc) is 3.59. The number of carbonyl (C=O) groups is 2. The van der Waals surface area contributed by atoms with Crippen LogP contribution in [0.25, 0.3) is 0 Å². The fraction of sp³-hybridized carbons (Fsp3) is 0.269. The molecule has 0 saturated heterocycles. The summed E-state index contributed by atoms with van der Waals surface area (Å²) >= 11 is 7.67. The molecule has 182 valence electrons. The lowest BCUT2D eigenvalue weighted by Crippen LogP contribution is -2.29. The number of carbonyl (C=O) groups excluding carboxylic acids is 1. The number of thiophene rings is 1. The number of imidazole rings is 1. The van der Waals surface area contributed by atoms with Crippen LogP contribution in [0.3, 0.4) is 0 Å². The third-order valence-electron chi connectivity index (χ3n) is 5.77. The molecular weight excluding hydrogens is 484 g/mol. The van der Waals surface area contributed by atoms with Gasteiger partial charge in [0.05, 0.1) is 0 Å². The van der Waals surface area contributed by atoms with Crippen molar-refractivity contribution in [1.29, 1.82) is 0 Å². The number of carboxylic acids is 1. The summed E-state index contributed by atoms with van der Waals surface area (Å²) in [7, 11) is 0. The van der Waals surface area contributed by atoms with Crippen LogP contribution in [0.4, 0.5) is 5.69 Å². The Morgan fingerprint density at radius 2 is 1.97 bits per heavy atom. The fourth-order valence-electron chi connectivity index (χ4n) is 3.99. The van der Waals surface area contributed by atoms with Crippen molar-refractivity contribution in [1.82, 2.24) is 14.1 Å². The molecule has 4 rings (SSSR count). The number of nitrogens with one attached hydrogen (secondary N) is 1. The first-order valence-corrected chi connectivity index (χ1v) is 12.7. The van der Waals surface area contributed by atoms with Gasteiger partial charge in [0.15, 0.2) is 0 Å². The zero-order valence-corrected chi connectivity index (χ0v) is 20.9. The summed E-state index contributed by atoms with van der Waals surface area (Å²) < 4.78 is 3.58. The average molecular weight is 511 g/mol. The Labute approximate surface area is 213 Å². The molecule has 0 saturated carbocycles. The molecule has 1 aromatic carbocycles. The third-order valence-corrected chi connectivity index (χ3v) is 6.85. The van der Waals surface area contributed by atoms with Gasteiger partial charge in [0.2, 0.25) is 5.91 Å². The Kier molecular flexibility index (Phi) is 8.05. The molecule has 0 bridgehead atoms. The zero-order valence-electron chi connectivity index (χ0n) is 19.4. The van der Waals surface area contributed by atoms with E-state index in [0.29, 0.717) is 23.8 Å². The van der Waals surface area contributed by atoms with Crippen molar-refractivity contribution in [3.05, 3.63) is 93.4 Å². The number of amides is 1. The van der Waals surface area contributed by atoms with E-state index in [1.165, 1.54) is 22.0 Å². The van der Waals surface area contributed by atoms with E-state index < -0.39 is 12.0 Å². The lowest BCUT2D eigenvalue weighted by atomic mass is 10.1. The topological polar surface area (TPSA) is 89.2 Å². The van der Waals surface area contributed by atoms with Gasteiger partial charge in [0, 0.05) is 42.3 Å². The first-order chi connectivity index (χ1) is 16.9. The summed E-state index contributed by atoms with van der Waals surface area (Å²) in [6.07, 6.45) is 6.89. The number of hydrogen-bond acceptors (Lipinski definition) is 4. The molecule has 9 heteroatoms. The van der Waals surface area contributed by atoms with Gasteiger partial charge in [0.1, 0.15) is 22.7 Å². The van der Waals surface area contributed by atoms with E-state index in [0.717, 1.165) is 35.5 Å². The van der Waals surface area contributed by atoms with E-state index in [4.69, 9.17) is 11.6 Å². The zero-order chi connectivity index (χ0) is 24.8. The van der Waals surface area contributed by atoms with Crippen LogP contribution in [0.5, 0.6) is 0 Å². The number of carboxylic acid groups (broad SMARTS) is 1. The van der Waals surface area contributed by atoms with E-state index >= 15 is 0 Å². The van der Waals surface area contributed by atoms with E-state index in [9.17, 15) is 14.7 Å². The predicted octanol–water partition coefficient (Wildman–Crippen LogP) is 5.91. The Morgan fingerprint density at radius 3 is 2.66 bits per heavy atom. The van der Waals surface area contributed by atoms with Crippen LogP contribution in [0.1, 0.15) is 52.6 Å². The molecule has 35 heavy (non-hydrogen) atoms. The lowest BCUT2D eigenvalue weighted by Gasteiger charge is -2.20. The SMILES string of the molecule is CCCCc1nc(Cl)cn1Cc1ccc(NC(=O)[C@H](Cc2cccs2)n2cccc2C(=O)O)cc1.